The Bertz CT molecular complexity index is 1190. The molecule has 0 fully saturated rings. The number of fused-ring (bicyclic) bond motifs is 1. The first-order chi connectivity index (χ1) is 15.2. The zero-order valence-corrected chi connectivity index (χ0v) is 18.9. The maximum Gasteiger partial charge on any atom is 0.336 e. The molecule has 0 radical (unpaired) electrons. The molecule has 1 heterocycles. The molecule has 0 bridgehead atoms. The molecule has 0 aliphatic heterocycles. The Kier molecular flexibility index (Phi) is 6.98. The van der Waals surface area contributed by atoms with Crippen LogP contribution in [0.4, 0.5) is 0 Å². The molecule has 0 spiro atoms. The van der Waals surface area contributed by atoms with E-state index in [0.717, 1.165) is 11.1 Å². The number of amides is 1. The van der Waals surface area contributed by atoms with Crippen molar-refractivity contribution in [2.45, 2.75) is 40.3 Å². The number of carbonyl (C=O) groups is 2. The molecule has 0 saturated heterocycles. The lowest BCUT2D eigenvalue weighted by molar-refractivity contribution is -0.148. The van der Waals surface area contributed by atoms with E-state index in [9.17, 15) is 14.4 Å². The van der Waals surface area contributed by atoms with E-state index in [4.69, 9.17) is 13.9 Å². The molecule has 7 nitrogen and oxygen atoms in total. The van der Waals surface area contributed by atoms with Crippen molar-refractivity contribution in [1.29, 1.82) is 0 Å². The zero-order valence-electron chi connectivity index (χ0n) is 18.9. The van der Waals surface area contributed by atoms with Gasteiger partial charge in [-0.15, -0.1) is 0 Å². The molecule has 0 saturated carbocycles. The summed E-state index contributed by atoms with van der Waals surface area (Å²) in [4.78, 5) is 37.5. The molecule has 0 aliphatic carbocycles. The summed E-state index contributed by atoms with van der Waals surface area (Å²) in [7, 11) is 1.54. The van der Waals surface area contributed by atoms with E-state index in [2.05, 4.69) is 5.32 Å². The largest absolute Gasteiger partial charge is 0.497 e. The van der Waals surface area contributed by atoms with Gasteiger partial charge < -0.3 is 19.2 Å². The van der Waals surface area contributed by atoms with Crippen LogP contribution in [0.15, 0.2) is 51.7 Å². The number of carbonyl (C=O) groups excluding carboxylic acids is 2. The van der Waals surface area contributed by atoms with Gasteiger partial charge in [-0.2, -0.15) is 0 Å². The summed E-state index contributed by atoms with van der Waals surface area (Å²) in [6.45, 7) is 7.34. The Morgan fingerprint density at radius 2 is 1.75 bits per heavy atom. The summed E-state index contributed by atoms with van der Waals surface area (Å²) in [5.41, 5.74) is 2.79. The van der Waals surface area contributed by atoms with Crippen LogP contribution in [0.1, 0.15) is 40.9 Å². The van der Waals surface area contributed by atoms with Crippen LogP contribution in [-0.4, -0.2) is 25.0 Å². The standard InChI is InChI=1S/C25H27NO6/c1-14(2)22(26-24(28)17-7-9-19(30-5)10-8-17)25(29)31-13-18-12-21(27)32-23-16(4)15(3)6-11-20(18)23/h6-12,14,22H,13H2,1-5H3,(H,26,28). The average molecular weight is 437 g/mol. The Hall–Kier alpha value is -3.61. The molecule has 168 valence electrons. The monoisotopic (exact) mass is 437 g/mol. The van der Waals surface area contributed by atoms with Crippen molar-refractivity contribution in [2.24, 2.45) is 5.92 Å². The SMILES string of the molecule is COc1ccc(C(=O)NC(C(=O)OCc2cc(=O)oc3c(C)c(C)ccc23)C(C)C)cc1. The molecule has 3 aromatic rings. The van der Waals surface area contributed by atoms with Gasteiger partial charge in [0.2, 0.25) is 0 Å². The second-order valence-corrected chi connectivity index (χ2v) is 8.01. The lowest BCUT2D eigenvalue weighted by Gasteiger charge is -2.21. The number of nitrogens with one attached hydrogen (secondary N) is 1. The predicted octanol–water partition coefficient (Wildman–Crippen LogP) is 3.92. The number of methoxy groups -OCH3 is 1. The summed E-state index contributed by atoms with van der Waals surface area (Å²) in [6, 6.07) is 10.8. The molecular formula is C25H27NO6. The first-order valence-corrected chi connectivity index (χ1v) is 10.4. The minimum absolute atomic E-state index is 0.106. The summed E-state index contributed by atoms with van der Waals surface area (Å²) in [6.07, 6.45) is 0. The van der Waals surface area contributed by atoms with Crippen molar-refractivity contribution >= 4 is 22.8 Å². The fourth-order valence-electron chi connectivity index (χ4n) is 3.35. The fraction of sp³-hybridized carbons (Fsp3) is 0.320. The molecule has 2 aromatic carbocycles. The quantitative estimate of drug-likeness (QED) is 0.445. The Morgan fingerprint density at radius 1 is 1.06 bits per heavy atom. The average Bonchev–Trinajstić information content (AvgIpc) is 2.78. The second-order valence-electron chi connectivity index (χ2n) is 8.01. The number of benzene rings is 2. The van der Waals surface area contributed by atoms with Crippen LogP contribution in [0.5, 0.6) is 5.75 Å². The van der Waals surface area contributed by atoms with E-state index < -0.39 is 17.6 Å². The van der Waals surface area contributed by atoms with Crippen LogP contribution in [0, 0.1) is 19.8 Å². The Labute approximate surface area is 186 Å². The lowest BCUT2D eigenvalue weighted by Crippen LogP contribution is -2.45. The summed E-state index contributed by atoms with van der Waals surface area (Å²) in [5.74, 6) is -0.536. The first kappa shape index (κ1) is 23.1. The molecular weight excluding hydrogens is 410 g/mol. The lowest BCUT2D eigenvalue weighted by atomic mass is 10.0. The van der Waals surface area contributed by atoms with Gasteiger partial charge in [0.05, 0.1) is 7.11 Å². The van der Waals surface area contributed by atoms with E-state index in [-0.39, 0.29) is 18.4 Å². The van der Waals surface area contributed by atoms with E-state index in [0.29, 0.717) is 27.8 Å². The van der Waals surface area contributed by atoms with Crippen LogP contribution in [0.25, 0.3) is 11.0 Å². The van der Waals surface area contributed by atoms with E-state index in [1.165, 1.54) is 6.07 Å². The molecule has 1 unspecified atom stereocenters. The topological polar surface area (TPSA) is 94.8 Å². The highest BCUT2D eigenvalue weighted by Gasteiger charge is 2.26. The van der Waals surface area contributed by atoms with Gasteiger partial charge in [-0.1, -0.05) is 26.0 Å². The third-order valence-corrected chi connectivity index (χ3v) is 5.45. The van der Waals surface area contributed by atoms with Gasteiger partial charge in [-0.05, 0) is 55.2 Å². The van der Waals surface area contributed by atoms with Gasteiger partial charge in [0.15, 0.2) is 0 Å². The third-order valence-electron chi connectivity index (χ3n) is 5.45. The highest BCUT2D eigenvalue weighted by atomic mass is 16.5. The molecule has 1 aromatic heterocycles. The number of esters is 1. The van der Waals surface area contributed by atoms with Crippen molar-refractivity contribution < 1.29 is 23.5 Å². The van der Waals surface area contributed by atoms with E-state index in [1.807, 2.05) is 39.8 Å². The number of rotatable bonds is 7. The second kappa shape index (κ2) is 9.68. The highest BCUT2D eigenvalue weighted by molar-refractivity contribution is 5.97. The van der Waals surface area contributed by atoms with Crippen LogP contribution >= 0.6 is 0 Å². The number of hydrogen-bond donors (Lipinski definition) is 1. The van der Waals surface area contributed by atoms with Crippen molar-refractivity contribution in [1.82, 2.24) is 5.32 Å². The van der Waals surface area contributed by atoms with E-state index in [1.54, 1.807) is 31.4 Å². The Balaban J connectivity index is 1.76. The number of ether oxygens (including phenoxy) is 2. The van der Waals surface area contributed by atoms with Crippen LogP contribution < -0.4 is 15.7 Å². The highest BCUT2D eigenvalue weighted by Crippen LogP contribution is 2.24. The van der Waals surface area contributed by atoms with Gasteiger partial charge in [-0.25, -0.2) is 9.59 Å². The molecule has 1 N–H and O–H groups in total. The van der Waals surface area contributed by atoms with Crippen LogP contribution in [0.2, 0.25) is 0 Å². The molecule has 1 amide bonds. The zero-order chi connectivity index (χ0) is 23.4. The van der Waals surface area contributed by atoms with Crippen molar-refractivity contribution in [2.75, 3.05) is 7.11 Å². The van der Waals surface area contributed by atoms with Gasteiger partial charge >= 0.3 is 11.6 Å². The Morgan fingerprint density at radius 3 is 2.38 bits per heavy atom. The summed E-state index contributed by atoms with van der Waals surface area (Å²) >= 11 is 0. The normalized spacial score (nSPS) is 11.9. The van der Waals surface area contributed by atoms with Gasteiger partial charge in [-0.3, -0.25) is 4.79 Å². The smallest absolute Gasteiger partial charge is 0.336 e. The van der Waals surface area contributed by atoms with E-state index >= 15 is 0 Å². The number of hydrogen-bond acceptors (Lipinski definition) is 6. The predicted molar refractivity (Wildman–Crippen MR) is 121 cm³/mol. The van der Waals surface area contributed by atoms with Crippen molar-refractivity contribution in [3.63, 3.8) is 0 Å². The maximum absolute atomic E-state index is 12.8. The molecule has 32 heavy (non-hydrogen) atoms. The van der Waals surface area contributed by atoms with Gasteiger partial charge in [0.25, 0.3) is 5.91 Å². The fourth-order valence-corrected chi connectivity index (χ4v) is 3.35. The molecule has 7 heteroatoms. The number of aryl methyl sites for hydroxylation is 2. The molecule has 0 aliphatic rings. The van der Waals surface area contributed by atoms with Crippen molar-refractivity contribution in [3.05, 3.63) is 75.1 Å². The summed E-state index contributed by atoms with van der Waals surface area (Å²) < 4.78 is 16.0. The van der Waals surface area contributed by atoms with Crippen molar-refractivity contribution in [3.8, 4) is 5.75 Å². The molecule has 3 rings (SSSR count). The van der Waals surface area contributed by atoms with Crippen LogP contribution in [-0.2, 0) is 16.1 Å². The first-order valence-electron chi connectivity index (χ1n) is 10.4. The third kappa shape index (κ3) is 4.99. The van der Waals surface area contributed by atoms with Gasteiger partial charge in [0.1, 0.15) is 24.0 Å². The summed E-state index contributed by atoms with van der Waals surface area (Å²) in [5, 5.41) is 3.45. The minimum atomic E-state index is -0.847. The minimum Gasteiger partial charge on any atom is -0.497 e. The van der Waals surface area contributed by atoms with Gasteiger partial charge in [0, 0.05) is 22.6 Å². The maximum atomic E-state index is 12.8. The molecule has 1 atom stereocenters. The van der Waals surface area contributed by atoms with Crippen LogP contribution in [0.3, 0.4) is 0 Å².